The van der Waals surface area contributed by atoms with Crippen LogP contribution in [0, 0.1) is 0 Å². The second-order valence-corrected chi connectivity index (χ2v) is 5.40. The number of aromatic nitrogens is 2. The van der Waals surface area contributed by atoms with Crippen molar-refractivity contribution in [3.05, 3.63) is 42.2 Å². The predicted octanol–water partition coefficient (Wildman–Crippen LogP) is 2.84. The Kier molecular flexibility index (Phi) is 4.04. The predicted molar refractivity (Wildman–Crippen MR) is 83.4 cm³/mol. The van der Waals surface area contributed by atoms with E-state index in [4.69, 9.17) is 4.74 Å². The molecule has 3 rings (SSSR count). The number of methoxy groups -OCH3 is 1. The highest BCUT2D eigenvalue weighted by Gasteiger charge is 2.29. The van der Waals surface area contributed by atoms with Crippen LogP contribution in [0.25, 0.3) is 11.4 Å². The van der Waals surface area contributed by atoms with Crippen molar-refractivity contribution in [2.45, 2.75) is 25.8 Å². The summed E-state index contributed by atoms with van der Waals surface area (Å²) in [7, 11) is 1.64. The molecule has 0 unspecified atom stereocenters. The zero-order valence-corrected chi connectivity index (χ0v) is 12.8. The fraction of sp³-hybridized carbons (Fsp3) is 0.353. The van der Waals surface area contributed by atoms with Gasteiger partial charge in [-0.2, -0.15) is 0 Å². The molecule has 114 valence electrons. The number of hydrogen-bond donors (Lipinski definition) is 0. The third kappa shape index (κ3) is 2.79. The Bertz CT molecular complexity index is 670. The van der Waals surface area contributed by atoms with Crippen LogP contribution < -0.4 is 4.74 Å². The van der Waals surface area contributed by atoms with Gasteiger partial charge in [0.2, 0.25) is 5.91 Å². The summed E-state index contributed by atoms with van der Waals surface area (Å²) >= 11 is 0. The van der Waals surface area contributed by atoms with Crippen LogP contribution in [0.15, 0.2) is 36.5 Å². The van der Waals surface area contributed by atoms with Crippen molar-refractivity contribution in [2.75, 3.05) is 13.7 Å². The molecule has 1 amide bonds. The molecule has 0 saturated carbocycles. The number of amides is 1. The molecule has 0 N–H and O–H groups in total. The van der Waals surface area contributed by atoms with Gasteiger partial charge in [0.15, 0.2) is 5.82 Å². The summed E-state index contributed by atoms with van der Waals surface area (Å²) in [5.74, 6) is 1.58. The topological polar surface area (TPSA) is 55.3 Å². The maximum atomic E-state index is 11.7. The number of nitrogens with zero attached hydrogens (tertiary/aromatic N) is 3. The lowest BCUT2D eigenvalue weighted by Crippen LogP contribution is -2.28. The van der Waals surface area contributed by atoms with Crippen LogP contribution in [0.2, 0.25) is 0 Å². The van der Waals surface area contributed by atoms with E-state index in [0.717, 1.165) is 36.4 Å². The lowest BCUT2D eigenvalue weighted by Gasteiger charge is -2.22. The highest BCUT2D eigenvalue weighted by atomic mass is 16.5. The first-order valence-corrected chi connectivity index (χ1v) is 7.43. The number of hydrogen-bond acceptors (Lipinski definition) is 4. The summed E-state index contributed by atoms with van der Waals surface area (Å²) in [6.45, 7) is 2.42. The number of rotatable bonds is 3. The average Bonchev–Trinajstić information content (AvgIpc) is 3.05. The van der Waals surface area contributed by atoms with Crippen molar-refractivity contribution in [3.8, 4) is 17.1 Å². The molecule has 2 aromatic rings. The molecule has 0 aliphatic carbocycles. The molecule has 0 bridgehead atoms. The smallest absolute Gasteiger partial charge is 0.220 e. The molecule has 1 aliphatic heterocycles. The first kappa shape index (κ1) is 14.5. The molecule has 2 heterocycles. The average molecular weight is 297 g/mol. The summed E-state index contributed by atoms with van der Waals surface area (Å²) in [5, 5.41) is 0. The highest BCUT2D eigenvalue weighted by molar-refractivity contribution is 5.74. The second kappa shape index (κ2) is 6.13. The molecule has 5 heteroatoms. The standard InChI is InChI=1S/C17H19N3O2/c1-12(21)20-11-3-4-16(20)15-9-10-18-17(19-15)13-5-7-14(22-2)8-6-13/h5-10,16H,3-4,11H2,1-2H3/t16-/m0/s1. The van der Waals surface area contributed by atoms with Gasteiger partial charge in [0.1, 0.15) is 5.75 Å². The molecule has 1 aliphatic rings. The largest absolute Gasteiger partial charge is 0.497 e. The lowest BCUT2D eigenvalue weighted by molar-refractivity contribution is -0.129. The van der Waals surface area contributed by atoms with Crippen molar-refractivity contribution in [1.82, 2.24) is 14.9 Å². The minimum Gasteiger partial charge on any atom is -0.497 e. The molecule has 0 spiro atoms. The van der Waals surface area contributed by atoms with Gasteiger partial charge in [-0.25, -0.2) is 9.97 Å². The van der Waals surface area contributed by atoms with Crippen LogP contribution in [-0.4, -0.2) is 34.4 Å². The van der Waals surface area contributed by atoms with E-state index in [1.807, 2.05) is 35.2 Å². The zero-order chi connectivity index (χ0) is 15.5. The number of carbonyl (C=O) groups excluding carboxylic acids is 1. The van der Waals surface area contributed by atoms with Crippen LogP contribution >= 0.6 is 0 Å². The lowest BCUT2D eigenvalue weighted by atomic mass is 10.1. The quantitative estimate of drug-likeness (QED) is 0.874. The van der Waals surface area contributed by atoms with Crippen LogP contribution in [-0.2, 0) is 4.79 Å². The third-order valence-electron chi connectivity index (χ3n) is 4.02. The van der Waals surface area contributed by atoms with Crippen molar-refractivity contribution in [1.29, 1.82) is 0 Å². The van der Waals surface area contributed by atoms with Crippen molar-refractivity contribution in [2.24, 2.45) is 0 Å². The number of benzene rings is 1. The summed E-state index contributed by atoms with van der Waals surface area (Å²) < 4.78 is 5.17. The SMILES string of the molecule is COc1ccc(-c2nccc([C@@H]3CCCN3C(C)=O)n2)cc1. The van der Waals surface area contributed by atoms with Crippen LogP contribution in [0.5, 0.6) is 5.75 Å². The van der Waals surface area contributed by atoms with Gasteiger partial charge < -0.3 is 9.64 Å². The van der Waals surface area contributed by atoms with Gasteiger partial charge >= 0.3 is 0 Å². The van der Waals surface area contributed by atoms with E-state index in [-0.39, 0.29) is 11.9 Å². The Morgan fingerprint density at radius 3 is 2.73 bits per heavy atom. The van der Waals surface area contributed by atoms with Crippen LogP contribution in [0.3, 0.4) is 0 Å². The van der Waals surface area contributed by atoms with Gasteiger partial charge in [-0.05, 0) is 43.2 Å². The van der Waals surface area contributed by atoms with Crippen LogP contribution in [0.4, 0.5) is 0 Å². The third-order valence-corrected chi connectivity index (χ3v) is 4.02. The Morgan fingerprint density at radius 1 is 1.27 bits per heavy atom. The Hall–Kier alpha value is -2.43. The minimum atomic E-state index is 0.0671. The van der Waals surface area contributed by atoms with Gasteiger partial charge in [-0.3, -0.25) is 4.79 Å². The summed E-state index contributed by atoms with van der Waals surface area (Å²) in [6, 6.07) is 9.63. The Morgan fingerprint density at radius 2 is 2.05 bits per heavy atom. The highest BCUT2D eigenvalue weighted by Crippen LogP contribution is 2.31. The summed E-state index contributed by atoms with van der Waals surface area (Å²) in [5.41, 5.74) is 1.85. The number of ether oxygens (including phenoxy) is 1. The van der Waals surface area contributed by atoms with Gasteiger partial charge in [0, 0.05) is 25.2 Å². The van der Waals surface area contributed by atoms with E-state index in [1.165, 1.54) is 0 Å². The first-order valence-electron chi connectivity index (χ1n) is 7.43. The van der Waals surface area contributed by atoms with Gasteiger partial charge in [0.25, 0.3) is 0 Å². The fourth-order valence-electron chi connectivity index (χ4n) is 2.89. The number of carbonyl (C=O) groups is 1. The van der Waals surface area contributed by atoms with E-state index >= 15 is 0 Å². The maximum absolute atomic E-state index is 11.7. The normalized spacial score (nSPS) is 17.5. The molecule has 1 atom stereocenters. The molecule has 5 nitrogen and oxygen atoms in total. The van der Waals surface area contributed by atoms with E-state index in [2.05, 4.69) is 9.97 Å². The Labute approximate surface area is 130 Å². The molecular weight excluding hydrogens is 278 g/mol. The van der Waals surface area contributed by atoms with Gasteiger partial charge in [-0.15, -0.1) is 0 Å². The molecule has 1 aromatic heterocycles. The van der Waals surface area contributed by atoms with Crippen molar-refractivity contribution in [3.63, 3.8) is 0 Å². The van der Waals surface area contributed by atoms with Gasteiger partial charge in [0.05, 0.1) is 18.8 Å². The molecular formula is C17H19N3O2. The van der Waals surface area contributed by atoms with E-state index < -0.39 is 0 Å². The van der Waals surface area contributed by atoms with Gasteiger partial charge in [-0.1, -0.05) is 0 Å². The minimum absolute atomic E-state index is 0.0671. The molecule has 1 aromatic carbocycles. The fourth-order valence-corrected chi connectivity index (χ4v) is 2.89. The molecule has 22 heavy (non-hydrogen) atoms. The Balaban J connectivity index is 1.90. The summed E-state index contributed by atoms with van der Waals surface area (Å²) in [4.78, 5) is 22.6. The monoisotopic (exact) mass is 297 g/mol. The molecule has 1 fully saturated rings. The zero-order valence-electron chi connectivity index (χ0n) is 12.8. The maximum Gasteiger partial charge on any atom is 0.220 e. The first-order chi connectivity index (χ1) is 10.7. The van der Waals surface area contributed by atoms with E-state index in [9.17, 15) is 4.79 Å². The van der Waals surface area contributed by atoms with Crippen LogP contribution in [0.1, 0.15) is 31.5 Å². The summed E-state index contributed by atoms with van der Waals surface area (Å²) in [6.07, 6.45) is 3.74. The van der Waals surface area contributed by atoms with E-state index in [0.29, 0.717) is 5.82 Å². The molecule has 1 saturated heterocycles. The second-order valence-electron chi connectivity index (χ2n) is 5.40. The van der Waals surface area contributed by atoms with Crippen molar-refractivity contribution >= 4 is 5.91 Å². The molecule has 0 radical (unpaired) electrons. The van der Waals surface area contributed by atoms with Crippen molar-refractivity contribution < 1.29 is 9.53 Å². The van der Waals surface area contributed by atoms with E-state index in [1.54, 1.807) is 20.2 Å². The number of likely N-dealkylation sites (tertiary alicyclic amines) is 1.